The molecule has 0 radical (unpaired) electrons. The first-order valence-electron chi connectivity index (χ1n) is 8.76. The molecule has 0 amide bonds. The van der Waals surface area contributed by atoms with Gasteiger partial charge in [0.2, 0.25) is 11.8 Å². The lowest BCUT2D eigenvalue weighted by atomic mass is 9.99. The van der Waals surface area contributed by atoms with Gasteiger partial charge in [0, 0.05) is 38.1 Å². The number of anilines is 2. The molecule has 8 heteroatoms. The van der Waals surface area contributed by atoms with Gasteiger partial charge in [-0.1, -0.05) is 13.0 Å². The van der Waals surface area contributed by atoms with Gasteiger partial charge in [0.05, 0.1) is 7.11 Å². The summed E-state index contributed by atoms with van der Waals surface area (Å²) in [5, 5.41) is 6.64. The molecule has 0 saturated carbocycles. The molecule has 7 nitrogen and oxygen atoms in total. The summed E-state index contributed by atoms with van der Waals surface area (Å²) < 4.78 is 5.33. The molecule has 1 aliphatic rings. The van der Waals surface area contributed by atoms with E-state index in [4.69, 9.17) is 17.0 Å². The molecule has 2 aromatic rings. The Morgan fingerprint density at radius 3 is 2.85 bits per heavy atom. The highest BCUT2D eigenvalue weighted by atomic mass is 32.1. The monoisotopic (exact) mass is 372 g/mol. The van der Waals surface area contributed by atoms with E-state index in [1.165, 1.54) is 12.8 Å². The third-order valence-corrected chi connectivity index (χ3v) is 4.65. The van der Waals surface area contributed by atoms with E-state index in [-0.39, 0.29) is 0 Å². The first kappa shape index (κ1) is 18.3. The summed E-state index contributed by atoms with van der Waals surface area (Å²) in [6, 6.07) is 5.75. The van der Waals surface area contributed by atoms with E-state index in [1.807, 2.05) is 18.2 Å². The Bertz CT molecular complexity index is 734. The van der Waals surface area contributed by atoms with Crippen LogP contribution in [0.5, 0.6) is 5.88 Å². The van der Waals surface area contributed by atoms with Crippen LogP contribution in [0.4, 0.5) is 11.8 Å². The number of hydrogen-bond donors (Lipinski definition) is 2. The minimum Gasteiger partial charge on any atom is -0.481 e. The normalized spacial score (nSPS) is 14.8. The quantitative estimate of drug-likeness (QED) is 0.776. The van der Waals surface area contributed by atoms with Crippen molar-refractivity contribution in [3.8, 4) is 5.88 Å². The maximum Gasteiger partial charge on any atom is 0.234 e. The van der Waals surface area contributed by atoms with Crippen molar-refractivity contribution in [2.75, 3.05) is 30.4 Å². The zero-order valence-corrected chi connectivity index (χ0v) is 15.9. The summed E-state index contributed by atoms with van der Waals surface area (Å²) in [6.45, 7) is 4.85. The van der Waals surface area contributed by atoms with E-state index in [2.05, 4.69) is 37.4 Å². The predicted molar refractivity (Wildman–Crippen MR) is 106 cm³/mol. The van der Waals surface area contributed by atoms with Crippen molar-refractivity contribution in [1.82, 2.24) is 20.3 Å². The van der Waals surface area contributed by atoms with Gasteiger partial charge >= 0.3 is 0 Å². The van der Waals surface area contributed by atoms with Gasteiger partial charge in [-0.05, 0) is 42.6 Å². The summed E-state index contributed by atoms with van der Waals surface area (Å²) in [4.78, 5) is 15.3. The zero-order valence-electron chi connectivity index (χ0n) is 15.1. The molecule has 2 aromatic heterocycles. The second-order valence-electron chi connectivity index (χ2n) is 6.43. The van der Waals surface area contributed by atoms with Crippen LogP contribution in [0.1, 0.15) is 25.3 Å². The van der Waals surface area contributed by atoms with Crippen molar-refractivity contribution in [2.45, 2.75) is 26.3 Å². The molecule has 0 aliphatic carbocycles. The predicted octanol–water partition coefficient (Wildman–Crippen LogP) is 2.60. The molecule has 3 heterocycles. The van der Waals surface area contributed by atoms with E-state index in [9.17, 15) is 0 Å². The lowest BCUT2D eigenvalue weighted by Crippen LogP contribution is -2.34. The number of piperidine rings is 1. The number of pyridine rings is 1. The largest absolute Gasteiger partial charge is 0.481 e. The standard InChI is InChI=1S/C18H24N6OS/c1-13-5-8-24(9-6-13)15-10-16(25-2)22-17(21-15)23-18(26)20-12-14-4-3-7-19-11-14/h3-4,7,10-11,13H,5-6,8-9,12H2,1-2H3,(H2,20,21,22,23,26). The lowest BCUT2D eigenvalue weighted by molar-refractivity contribution is 0.396. The Labute approximate surface area is 159 Å². The van der Waals surface area contributed by atoms with Crippen LogP contribution in [-0.2, 0) is 6.54 Å². The van der Waals surface area contributed by atoms with Crippen LogP contribution in [0.25, 0.3) is 0 Å². The molecule has 0 spiro atoms. The van der Waals surface area contributed by atoms with Crippen molar-refractivity contribution in [1.29, 1.82) is 0 Å². The molecule has 2 N–H and O–H groups in total. The molecule has 0 unspecified atom stereocenters. The maximum absolute atomic E-state index is 5.35. The van der Waals surface area contributed by atoms with Gasteiger partial charge in [-0.15, -0.1) is 0 Å². The highest BCUT2D eigenvalue weighted by Crippen LogP contribution is 2.24. The number of nitrogens with one attached hydrogen (secondary N) is 2. The van der Waals surface area contributed by atoms with Crippen LogP contribution >= 0.6 is 12.2 Å². The van der Waals surface area contributed by atoms with E-state index in [0.29, 0.717) is 23.5 Å². The molecule has 26 heavy (non-hydrogen) atoms. The fourth-order valence-electron chi connectivity index (χ4n) is 2.80. The summed E-state index contributed by atoms with van der Waals surface area (Å²) in [5.74, 6) is 2.57. The van der Waals surface area contributed by atoms with Gasteiger partial charge in [0.15, 0.2) is 5.11 Å². The number of nitrogens with zero attached hydrogens (tertiary/aromatic N) is 4. The van der Waals surface area contributed by atoms with Crippen molar-refractivity contribution in [3.05, 3.63) is 36.2 Å². The number of methoxy groups -OCH3 is 1. The minimum absolute atomic E-state index is 0.432. The van der Waals surface area contributed by atoms with Crippen molar-refractivity contribution >= 4 is 29.1 Å². The van der Waals surface area contributed by atoms with Crippen LogP contribution in [0.15, 0.2) is 30.6 Å². The smallest absolute Gasteiger partial charge is 0.234 e. The number of thiocarbonyl (C=S) groups is 1. The molecule has 0 atom stereocenters. The molecule has 0 bridgehead atoms. The highest BCUT2D eigenvalue weighted by Gasteiger charge is 2.19. The molecular weight excluding hydrogens is 348 g/mol. The van der Waals surface area contributed by atoms with E-state index in [1.54, 1.807) is 19.5 Å². The summed E-state index contributed by atoms with van der Waals surface area (Å²) >= 11 is 5.35. The van der Waals surface area contributed by atoms with Crippen molar-refractivity contribution < 1.29 is 4.74 Å². The van der Waals surface area contributed by atoms with Gasteiger partial charge in [0.25, 0.3) is 0 Å². The molecule has 1 saturated heterocycles. The van der Waals surface area contributed by atoms with Gasteiger partial charge in [0.1, 0.15) is 5.82 Å². The highest BCUT2D eigenvalue weighted by molar-refractivity contribution is 7.80. The van der Waals surface area contributed by atoms with E-state index in [0.717, 1.165) is 30.4 Å². The molecule has 3 rings (SSSR count). The van der Waals surface area contributed by atoms with Crippen LogP contribution in [0, 0.1) is 5.92 Å². The number of hydrogen-bond acceptors (Lipinski definition) is 6. The Balaban J connectivity index is 1.64. The molecule has 1 fully saturated rings. The molecular formula is C18H24N6OS. The maximum atomic E-state index is 5.35. The Kier molecular flexibility index (Phi) is 6.17. The summed E-state index contributed by atoms with van der Waals surface area (Å²) in [7, 11) is 1.60. The van der Waals surface area contributed by atoms with Gasteiger partial charge in [-0.2, -0.15) is 9.97 Å². The van der Waals surface area contributed by atoms with Gasteiger partial charge in [-0.3, -0.25) is 4.98 Å². The molecule has 1 aliphatic heterocycles. The Hall–Kier alpha value is -2.48. The minimum atomic E-state index is 0.432. The summed E-state index contributed by atoms with van der Waals surface area (Å²) in [6.07, 6.45) is 5.88. The second kappa shape index (κ2) is 8.75. The second-order valence-corrected chi connectivity index (χ2v) is 6.84. The summed E-state index contributed by atoms with van der Waals surface area (Å²) in [5.41, 5.74) is 1.05. The SMILES string of the molecule is COc1cc(N2CCC(C)CC2)nc(NC(=S)NCc2cccnc2)n1. The third-order valence-electron chi connectivity index (χ3n) is 4.41. The molecule has 138 valence electrons. The average Bonchev–Trinajstić information content (AvgIpc) is 2.67. The van der Waals surface area contributed by atoms with Crippen LogP contribution < -0.4 is 20.3 Å². The third kappa shape index (κ3) is 5.01. The Morgan fingerprint density at radius 1 is 1.35 bits per heavy atom. The average molecular weight is 372 g/mol. The zero-order chi connectivity index (χ0) is 18.4. The van der Waals surface area contributed by atoms with E-state index < -0.39 is 0 Å². The van der Waals surface area contributed by atoms with Crippen LogP contribution in [-0.4, -0.2) is 40.3 Å². The van der Waals surface area contributed by atoms with E-state index >= 15 is 0 Å². The van der Waals surface area contributed by atoms with Crippen LogP contribution in [0.3, 0.4) is 0 Å². The Morgan fingerprint density at radius 2 is 2.15 bits per heavy atom. The fraction of sp³-hybridized carbons (Fsp3) is 0.444. The fourth-order valence-corrected chi connectivity index (χ4v) is 2.97. The number of rotatable bonds is 5. The van der Waals surface area contributed by atoms with Crippen molar-refractivity contribution in [3.63, 3.8) is 0 Å². The number of ether oxygens (including phenoxy) is 1. The first-order valence-corrected chi connectivity index (χ1v) is 9.16. The van der Waals surface area contributed by atoms with Crippen LogP contribution in [0.2, 0.25) is 0 Å². The first-order chi connectivity index (χ1) is 12.6. The van der Waals surface area contributed by atoms with Crippen molar-refractivity contribution in [2.24, 2.45) is 5.92 Å². The number of aromatic nitrogens is 3. The van der Waals surface area contributed by atoms with Gasteiger partial charge in [-0.25, -0.2) is 0 Å². The molecule has 0 aromatic carbocycles. The van der Waals surface area contributed by atoms with Gasteiger partial charge < -0.3 is 20.3 Å². The topological polar surface area (TPSA) is 75.2 Å². The lowest BCUT2D eigenvalue weighted by Gasteiger charge is -2.31.